The lowest BCUT2D eigenvalue weighted by atomic mass is 10.1. The van der Waals surface area contributed by atoms with E-state index in [1.54, 1.807) is 55.6 Å². The molecule has 3 rings (SSSR count). The smallest absolute Gasteiger partial charge is 0.229 e. The van der Waals surface area contributed by atoms with Crippen LogP contribution in [0.4, 0.5) is 33.2 Å². The Morgan fingerprint density at radius 2 is 1.66 bits per heavy atom. The van der Waals surface area contributed by atoms with Crippen LogP contribution in [0.1, 0.15) is 38.5 Å². The van der Waals surface area contributed by atoms with Crippen LogP contribution in [-0.4, -0.2) is 42.1 Å². The first-order chi connectivity index (χ1) is 18.4. The number of anilines is 5. The van der Waals surface area contributed by atoms with Gasteiger partial charge in [-0.25, -0.2) is 9.37 Å². The summed E-state index contributed by atoms with van der Waals surface area (Å²) in [6.45, 7) is 0.944. The van der Waals surface area contributed by atoms with Gasteiger partial charge in [0.25, 0.3) is 0 Å². The molecular formula is C27H33FN6O4. The number of methoxy groups -OCH3 is 1. The van der Waals surface area contributed by atoms with Crippen molar-refractivity contribution in [3.63, 3.8) is 0 Å². The Morgan fingerprint density at radius 3 is 2.39 bits per heavy atom. The molecule has 3 aromatic rings. The third-order valence-electron chi connectivity index (χ3n) is 5.40. The van der Waals surface area contributed by atoms with Crippen molar-refractivity contribution in [2.75, 3.05) is 36.3 Å². The average Bonchev–Trinajstić information content (AvgIpc) is 2.89. The molecule has 0 radical (unpaired) electrons. The van der Waals surface area contributed by atoms with Gasteiger partial charge in [-0.15, -0.1) is 0 Å². The van der Waals surface area contributed by atoms with E-state index in [1.807, 2.05) is 0 Å². The van der Waals surface area contributed by atoms with Crippen molar-refractivity contribution in [1.82, 2.24) is 9.97 Å². The van der Waals surface area contributed by atoms with Crippen LogP contribution < -0.4 is 26.4 Å². The average molecular weight is 525 g/mol. The van der Waals surface area contributed by atoms with Crippen molar-refractivity contribution >= 4 is 40.6 Å². The molecule has 1 heterocycles. The lowest BCUT2D eigenvalue weighted by Crippen LogP contribution is -2.11. The number of nitrogens with two attached hydrogens (primary N) is 1. The third kappa shape index (κ3) is 10.0. The van der Waals surface area contributed by atoms with Gasteiger partial charge in [0.15, 0.2) is 11.6 Å². The van der Waals surface area contributed by atoms with E-state index < -0.39 is 5.82 Å². The van der Waals surface area contributed by atoms with E-state index in [0.29, 0.717) is 55.3 Å². The minimum absolute atomic E-state index is 0.0125. The molecule has 0 aliphatic rings. The molecule has 10 nitrogen and oxygen atoms in total. The molecule has 0 fully saturated rings. The second kappa shape index (κ2) is 15.1. The van der Waals surface area contributed by atoms with Gasteiger partial charge in [0.05, 0.1) is 12.8 Å². The maximum Gasteiger partial charge on any atom is 0.229 e. The van der Waals surface area contributed by atoms with Crippen molar-refractivity contribution in [2.24, 2.45) is 5.73 Å². The Labute approximate surface area is 221 Å². The van der Waals surface area contributed by atoms with Crippen LogP contribution in [0.25, 0.3) is 0 Å². The summed E-state index contributed by atoms with van der Waals surface area (Å²) in [5.74, 6) is -0.152. The van der Waals surface area contributed by atoms with Gasteiger partial charge in [0, 0.05) is 37.0 Å². The normalized spacial score (nSPS) is 10.6. The number of carbonyl (C=O) groups is 2. The number of nitrogens with one attached hydrogen (secondary N) is 3. The monoisotopic (exact) mass is 524 g/mol. The van der Waals surface area contributed by atoms with Crippen LogP contribution in [0.2, 0.25) is 0 Å². The second-order valence-corrected chi connectivity index (χ2v) is 8.52. The number of nitrogens with zero attached hydrogens (tertiary/aromatic N) is 2. The number of rotatable bonds is 16. The molecule has 5 N–H and O–H groups in total. The van der Waals surface area contributed by atoms with E-state index in [-0.39, 0.29) is 23.6 Å². The molecule has 0 saturated carbocycles. The van der Waals surface area contributed by atoms with Gasteiger partial charge in [-0.05, 0) is 55.3 Å². The molecule has 2 aromatic carbocycles. The van der Waals surface area contributed by atoms with Gasteiger partial charge < -0.3 is 31.2 Å². The molecule has 202 valence electrons. The quantitative estimate of drug-likeness (QED) is 0.194. The van der Waals surface area contributed by atoms with Crippen LogP contribution in [0.3, 0.4) is 0 Å². The highest BCUT2D eigenvalue weighted by Crippen LogP contribution is 2.24. The van der Waals surface area contributed by atoms with Gasteiger partial charge in [0.1, 0.15) is 12.4 Å². The summed E-state index contributed by atoms with van der Waals surface area (Å²) in [6, 6.07) is 14.1. The van der Waals surface area contributed by atoms with Crippen LogP contribution in [-0.2, 0) is 14.3 Å². The van der Waals surface area contributed by atoms with Crippen LogP contribution in [0.5, 0.6) is 5.75 Å². The SMILES string of the molecule is COCCOc1ccc(Nc2ncc(F)c(Nc3cccc(NC(=O)CCCCCCC(N)=O)c3)n2)cc1. The molecule has 0 unspecified atom stereocenters. The number of ether oxygens (including phenoxy) is 2. The maximum atomic E-state index is 14.4. The van der Waals surface area contributed by atoms with E-state index in [4.69, 9.17) is 15.2 Å². The first kappa shape index (κ1) is 28.3. The molecular weight excluding hydrogens is 491 g/mol. The zero-order valence-electron chi connectivity index (χ0n) is 21.3. The summed E-state index contributed by atoms with van der Waals surface area (Å²) < 4.78 is 24.9. The predicted molar refractivity (Wildman–Crippen MR) is 144 cm³/mol. The molecule has 0 bridgehead atoms. The summed E-state index contributed by atoms with van der Waals surface area (Å²) in [6.07, 6.45) is 4.96. The van der Waals surface area contributed by atoms with Crippen LogP contribution in [0, 0.1) is 5.82 Å². The van der Waals surface area contributed by atoms with Crippen molar-refractivity contribution in [3.8, 4) is 5.75 Å². The molecule has 11 heteroatoms. The standard InChI is InChI=1S/C27H33FN6O4/c1-37-15-16-38-22-13-11-19(12-14-22)33-27-30-18-23(28)26(34-27)32-21-8-6-7-20(17-21)31-25(36)10-5-3-2-4-9-24(29)35/h6-8,11-14,17-18H,2-5,9-10,15-16H2,1H3,(H2,29,35)(H,31,36)(H2,30,32,33,34). The van der Waals surface area contributed by atoms with E-state index in [9.17, 15) is 14.0 Å². The Bertz CT molecular complexity index is 1190. The molecule has 0 aliphatic carbocycles. The number of amides is 2. The number of unbranched alkanes of at least 4 members (excludes halogenated alkanes) is 3. The number of aromatic nitrogens is 2. The van der Waals surface area contributed by atoms with Crippen LogP contribution >= 0.6 is 0 Å². The number of halogens is 1. The Kier molecular flexibility index (Phi) is 11.3. The Balaban J connectivity index is 1.53. The predicted octanol–water partition coefficient (Wildman–Crippen LogP) is 4.89. The molecule has 0 spiro atoms. The van der Waals surface area contributed by atoms with Crippen molar-refractivity contribution < 1.29 is 23.5 Å². The largest absolute Gasteiger partial charge is 0.491 e. The fraction of sp³-hybridized carbons (Fsp3) is 0.333. The van der Waals surface area contributed by atoms with Crippen molar-refractivity contribution in [1.29, 1.82) is 0 Å². The highest BCUT2D eigenvalue weighted by molar-refractivity contribution is 5.91. The number of benzene rings is 2. The summed E-state index contributed by atoms with van der Waals surface area (Å²) in [4.78, 5) is 31.3. The minimum atomic E-state index is -0.622. The minimum Gasteiger partial charge on any atom is -0.491 e. The van der Waals surface area contributed by atoms with Gasteiger partial charge in [0.2, 0.25) is 17.8 Å². The highest BCUT2D eigenvalue weighted by Gasteiger charge is 2.10. The zero-order valence-corrected chi connectivity index (χ0v) is 21.3. The molecule has 1 aromatic heterocycles. The zero-order chi connectivity index (χ0) is 27.2. The second-order valence-electron chi connectivity index (χ2n) is 8.52. The van der Waals surface area contributed by atoms with Gasteiger partial charge in [-0.2, -0.15) is 4.98 Å². The number of carbonyl (C=O) groups excluding carboxylic acids is 2. The van der Waals surface area contributed by atoms with Gasteiger partial charge in [-0.3, -0.25) is 9.59 Å². The van der Waals surface area contributed by atoms with E-state index in [2.05, 4.69) is 25.9 Å². The van der Waals surface area contributed by atoms with E-state index >= 15 is 0 Å². The topological polar surface area (TPSA) is 140 Å². The first-order valence-electron chi connectivity index (χ1n) is 12.4. The fourth-order valence-corrected chi connectivity index (χ4v) is 3.49. The van der Waals surface area contributed by atoms with Crippen molar-refractivity contribution in [2.45, 2.75) is 38.5 Å². The van der Waals surface area contributed by atoms with Crippen molar-refractivity contribution in [3.05, 3.63) is 60.5 Å². The summed E-state index contributed by atoms with van der Waals surface area (Å²) >= 11 is 0. The first-order valence-corrected chi connectivity index (χ1v) is 12.4. The molecule has 2 amide bonds. The number of hydrogen-bond acceptors (Lipinski definition) is 8. The summed E-state index contributed by atoms with van der Waals surface area (Å²) in [5.41, 5.74) is 6.96. The van der Waals surface area contributed by atoms with Crippen LogP contribution in [0.15, 0.2) is 54.7 Å². The van der Waals surface area contributed by atoms with E-state index in [1.165, 1.54) is 0 Å². The Morgan fingerprint density at radius 1 is 0.921 bits per heavy atom. The summed E-state index contributed by atoms with van der Waals surface area (Å²) in [5, 5.41) is 8.82. The Hall–Kier alpha value is -4.25. The fourth-order valence-electron chi connectivity index (χ4n) is 3.49. The van der Waals surface area contributed by atoms with Gasteiger partial charge in [-0.1, -0.05) is 18.9 Å². The summed E-state index contributed by atoms with van der Waals surface area (Å²) in [7, 11) is 1.61. The molecule has 0 saturated heterocycles. The molecule has 0 aliphatic heterocycles. The molecule has 0 atom stereocenters. The number of hydrogen-bond donors (Lipinski definition) is 4. The third-order valence-corrected chi connectivity index (χ3v) is 5.40. The maximum absolute atomic E-state index is 14.4. The van der Waals surface area contributed by atoms with Gasteiger partial charge >= 0.3 is 0 Å². The number of primary amides is 1. The highest BCUT2D eigenvalue weighted by atomic mass is 19.1. The lowest BCUT2D eigenvalue weighted by molar-refractivity contribution is -0.118. The lowest BCUT2D eigenvalue weighted by Gasteiger charge is -2.12. The molecule has 38 heavy (non-hydrogen) atoms. The van der Waals surface area contributed by atoms with E-state index in [0.717, 1.165) is 25.5 Å².